The number of hydrogen-bond donors (Lipinski definition) is 0. The highest BCUT2D eigenvalue weighted by Gasteiger charge is 2.31. The first kappa shape index (κ1) is 18.7. The quantitative estimate of drug-likeness (QED) is 0.332. The normalized spacial score (nSPS) is 12.4. The molecule has 1 aromatic heterocycles. The van der Waals surface area contributed by atoms with Crippen molar-refractivity contribution in [1.82, 2.24) is 0 Å². The molecule has 0 saturated carbocycles. The van der Waals surface area contributed by atoms with E-state index in [1.54, 1.807) is 19.1 Å². The molecular formula is C16H24NO4P. The molecule has 0 N–H and O–H groups in total. The molecule has 0 atom stereocenters. The average molecular weight is 325 g/mol. The Balaban J connectivity index is 2.96. The van der Waals surface area contributed by atoms with Crippen molar-refractivity contribution in [3.8, 4) is 6.07 Å². The van der Waals surface area contributed by atoms with Crippen LogP contribution in [0.25, 0.3) is 6.08 Å². The number of nitrogens with zero attached hydrogens (tertiary/aromatic N) is 1. The topological polar surface area (TPSA) is 72.5 Å². The highest BCUT2D eigenvalue weighted by atomic mass is 31.2. The van der Waals surface area contributed by atoms with Crippen molar-refractivity contribution in [2.75, 3.05) is 13.2 Å². The fourth-order valence-corrected chi connectivity index (χ4v) is 3.17. The zero-order chi connectivity index (χ0) is 16.4. The standard InChI is InChI=1S/C16H24NO4P/c1-4-6-10-19-22(18,20-11-7-5-2)16(13-17)12-15-9-8-14(3)21-15/h8-9,12H,4-7,10-11H2,1-3H3/b16-12+. The lowest BCUT2D eigenvalue weighted by atomic mass is 10.4. The van der Waals surface area contributed by atoms with Gasteiger partial charge in [-0.05, 0) is 31.9 Å². The molecule has 1 heterocycles. The van der Waals surface area contributed by atoms with E-state index in [9.17, 15) is 9.83 Å². The lowest BCUT2D eigenvalue weighted by molar-refractivity contribution is 0.206. The van der Waals surface area contributed by atoms with Crippen LogP contribution >= 0.6 is 7.60 Å². The summed E-state index contributed by atoms with van der Waals surface area (Å²) in [6.45, 7) is 6.43. The van der Waals surface area contributed by atoms with Gasteiger partial charge in [-0.1, -0.05) is 26.7 Å². The fourth-order valence-electron chi connectivity index (χ4n) is 1.67. The van der Waals surface area contributed by atoms with Crippen molar-refractivity contribution in [1.29, 1.82) is 5.26 Å². The summed E-state index contributed by atoms with van der Waals surface area (Å²) in [5.41, 5.74) is 0. The van der Waals surface area contributed by atoms with Gasteiger partial charge >= 0.3 is 7.60 Å². The van der Waals surface area contributed by atoms with Crippen LogP contribution in [0, 0.1) is 18.3 Å². The van der Waals surface area contributed by atoms with Gasteiger partial charge in [-0.2, -0.15) is 5.26 Å². The number of allylic oxidation sites excluding steroid dienone is 1. The van der Waals surface area contributed by atoms with Crippen molar-refractivity contribution >= 4 is 13.7 Å². The third-order valence-electron chi connectivity index (χ3n) is 2.97. The largest absolute Gasteiger partial charge is 0.462 e. The Morgan fingerprint density at radius 3 is 2.27 bits per heavy atom. The van der Waals surface area contributed by atoms with Crippen LogP contribution in [0.3, 0.4) is 0 Å². The van der Waals surface area contributed by atoms with E-state index in [1.807, 2.05) is 19.9 Å². The Labute approximate surface area is 132 Å². The van der Waals surface area contributed by atoms with Crippen LogP contribution in [0.4, 0.5) is 0 Å². The molecule has 0 bridgehead atoms. The first-order valence-electron chi connectivity index (χ1n) is 7.63. The number of furan rings is 1. The molecule has 122 valence electrons. The van der Waals surface area contributed by atoms with Crippen LogP contribution < -0.4 is 0 Å². The molecule has 0 aliphatic carbocycles. The summed E-state index contributed by atoms with van der Waals surface area (Å²) in [6, 6.07) is 5.44. The number of aryl methyl sites for hydroxylation is 1. The lowest BCUT2D eigenvalue weighted by Gasteiger charge is -2.17. The van der Waals surface area contributed by atoms with Gasteiger partial charge in [0.1, 0.15) is 22.9 Å². The second-order valence-corrected chi connectivity index (χ2v) is 6.95. The van der Waals surface area contributed by atoms with E-state index in [1.165, 1.54) is 6.08 Å². The van der Waals surface area contributed by atoms with Gasteiger partial charge < -0.3 is 13.5 Å². The molecule has 0 radical (unpaired) electrons. The van der Waals surface area contributed by atoms with Crippen LogP contribution in [0.15, 0.2) is 21.9 Å². The van der Waals surface area contributed by atoms with Gasteiger partial charge in [0.15, 0.2) is 0 Å². The molecule has 1 rings (SSSR count). The minimum absolute atomic E-state index is 0.0194. The van der Waals surface area contributed by atoms with E-state index in [0.29, 0.717) is 19.0 Å². The maximum absolute atomic E-state index is 12.9. The summed E-state index contributed by atoms with van der Waals surface area (Å²) in [6.07, 6.45) is 4.79. The van der Waals surface area contributed by atoms with Crippen LogP contribution in [-0.2, 0) is 13.6 Å². The van der Waals surface area contributed by atoms with Crippen molar-refractivity contribution in [2.24, 2.45) is 0 Å². The van der Waals surface area contributed by atoms with E-state index < -0.39 is 7.60 Å². The third kappa shape index (κ3) is 5.81. The lowest BCUT2D eigenvalue weighted by Crippen LogP contribution is -2.01. The third-order valence-corrected chi connectivity index (χ3v) is 4.83. The zero-order valence-corrected chi connectivity index (χ0v) is 14.4. The van der Waals surface area contributed by atoms with Gasteiger partial charge in [-0.3, -0.25) is 4.57 Å². The molecule has 0 aromatic carbocycles. The van der Waals surface area contributed by atoms with Crippen molar-refractivity contribution in [3.05, 3.63) is 29.0 Å². The van der Waals surface area contributed by atoms with Gasteiger partial charge in [-0.25, -0.2) is 0 Å². The smallest absolute Gasteiger partial charge is 0.371 e. The summed E-state index contributed by atoms with van der Waals surface area (Å²) in [5, 5.41) is 9.33. The molecule has 0 saturated heterocycles. The molecule has 0 fully saturated rings. The Kier molecular flexibility index (Phi) is 8.19. The van der Waals surface area contributed by atoms with Crippen LogP contribution in [0.1, 0.15) is 51.1 Å². The molecule has 0 aliphatic rings. The van der Waals surface area contributed by atoms with E-state index in [0.717, 1.165) is 31.4 Å². The van der Waals surface area contributed by atoms with Crippen LogP contribution in [0.5, 0.6) is 0 Å². The second kappa shape index (κ2) is 9.63. The molecule has 5 nitrogen and oxygen atoms in total. The van der Waals surface area contributed by atoms with E-state index in [2.05, 4.69) is 0 Å². The minimum Gasteiger partial charge on any atom is -0.462 e. The summed E-state index contributed by atoms with van der Waals surface area (Å²) < 4.78 is 29.2. The number of hydrogen-bond acceptors (Lipinski definition) is 5. The maximum Gasteiger partial charge on any atom is 0.371 e. The van der Waals surface area contributed by atoms with Crippen molar-refractivity contribution in [2.45, 2.75) is 46.5 Å². The SMILES string of the molecule is CCCCOP(=O)(OCCCC)/C(C#N)=C/c1ccc(C)o1. The average Bonchev–Trinajstić information content (AvgIpc) is 2.90. The van der Waals surface area contributed by atoms with E-state index in [-0.39, 0.29) is 5.31 Å². The summed E-state index contributed by atoms with van der Waals surface area (Å²) in [7, 11) is -3.61. The highest BCUT2D eigenvalue weighted by molar-refractivity contribution is 7.59. The summed E-state index contributed by atoms with van der Waals surface area (Å²) >= 11 is 0. The predicted molar refractivity (Wildman–Crippen MR) is 86.4 cm³/mol. The summed E-state index contributed by atoms with van der Waals surface area (Å²) in [5.74, 6) is 1.18. The Hall–Kier alpha value is -1.34. The number of rotatable bonds is 10. The molecule has 0 aliphatic heterocycles. The van der Waals surface area contributed by atoms with Crippen molar-refractivity contribution < 1.29 is 18.0 Å². The van der Waals surface area contributed by atoms with Gasteiger partial charge in [0.25, 0.3) is 0 Å². The van der Waals surface area contributed by atoms with Crippen LogP contribution in [0.2, 0.25) is 0 Å². The molecule has 0 amide bonds. The van der Waals surface area contributed by atoms with Crippen LogP contribution in [-0.4, -0.2) is 13.2 Å². The molecule has 1 aromatic rings. The highest BCUT2D eigenvalue weighted by Crippen LogP contribution is 2.56. The molecule has 0 spiro atoms. The number of nitriles is 1. The minimum atomic E-state index is -3.61. The first-order chi connectivity index (χ1) is 10.6. The zero-order valence-electron chi connectivity index (χ0n) is 13.5. The monoisotopic (exact) mass is 325 g/mol. The van der Waals surface area contributed by atoms with Crippen molar-refractivity contribution in [3.63, 3.8) is 0 Å². The maximum atomic E-state index is 12.9. The van der Waals surface area contributed by atoms with Gasteiger partial charge in [0.2, 0.25) is 0 Å². The fraction of sp³-hybridized carbons (Fsp3) is 0.562. The van der Waals surface area contributed by atoms with Gasteiger partial charge in [0, 0.05) is 6.08 Å². The molecule has 6 heteroatoms. The Bertz CT molecular complexity index is 557. The van der Waals surface area contributed by atoms with E-state index in [4.69, 9.17) is 13.5 Å². The molecular weight excluding hydrogens is 301 g/mol. The Morgan fingerprint density at radius 1 is 1.27 bits per heavy atom. The first-order valence-corrected chi connectivity index (χ1v) is 9.18. The van der Waals surface area contributed by atoms with E-state index >= 15 is 0 Å². The summed E-state index contributed by atoms with van der Waals surface area (Å²) in [4.78, 5) is 0. The Morgan fingerprint density at radius 2 is 1.86 bits per heavy atom. The predicted octanol–water partition coefficient (Wildman–Crippen LogP) is 5.28. The second-order valence-electron chi connectivity index (χ2n) is 4.96. The molecule has 0 unspecified atom stereocenters. The molecule has 22 heavy (non-hydrogen) atoms. The number of unbranched alkanes of at least 4 members (excludes halogenated alkanes) is 2. The van der Waals surface area contributed by atoms with Gasteiger partial charge in [0.05, 0.1) is 13.2 Å². The van der Waals surface area contributed by atoms with Gasteiger partial charge in [-0.15, -0.1) is 0 Å².